The summed E-state index contributed by atoms with van der Waals surface area (Å²) in [4.78, 5) is 28.3. The maximum absolute atomic E-state index is 12.8. The topological polar surface area (TPSA) is 128 Å². The molecule has 9 nitrogen and oxygen atoms in total. The molecule has 1 amide bonds. The maximum Gasteiger partial charge on any atom is 0.282 e. The molecule has 1 aliphatic rings. The Hall–Kier alpha value is -4.05. The van der Waals surface area contributed by atoms with E-state index in [0.717, 1.165) is 29.3 Å². The van der Waals surface area contributed by atoms with Crippen molar-refractivity contribution in [2.75, 3.05) is 0 Å². The number of sulfonamides is 1. The average Bonchev–Trinajstić information content (AvgIpc) is 3.27. The van der Waals surface area contributed by atoms with E-state index in [1.54, 1.807) is 0 Å². The third kappa shape index (κ3) is 3.95. The highest BCUT2D eigenvalue weighted by molar-refractivity contribution is 7.90. The van der Waals surface area contributed by atoms with E-state index >= 15 is 0 Å². The largest absolute Gasteiger partial charge is 0.379 e. The van der Waals surface area contributed by atoms with Crippen LogP contribution in [-0.4, -0.2) is 25.0 Å². The van der Waals surface area contributed by atoms with Crippen LogP contribution < -0.4 is 4.72 Å². The van der Waals surface area contributed by atoms with Gasteiger partial charge in [-0.25, -0.2) is 13.1 Å². The zero-order chi connectivity index (χ0) is 22.8. The van der Waals surface area contributed by atoms with Crippen LogP contribution in [0.15, 0.2) is 95.0 Å². The molecule has 0 aliphatic carbocycles. The summed E-state index contributed by atoms with van der Waals surface area (Å²) >= 11 is 0. The molecule has 0 aromatic heterocycles. The summed E-state index contributed by atoms with van der Waals surface area (Å²) in [6, 6.07) is 22.8. The van der Waals surface area contributed by atoms with Crippen LogP contribution in [0.1, 0.15) is 17.5 Å². The number of oxime groups is 1. The lowest BCUT2D eigenvalue weighted by Crippen LogP contribution is -2.37. The minimum absolute atomic E-state index is 0.00266. The van der Waals surface area contributed by atoms with Gasteiger partial charge in [0.05, 0.1) is 16.2 Å². The standard InChI is InChI=1S/C22H17N3O6S/c26-21(24-32(29,30)19-13-7-12-18(14-19)25(27)28)20-15-22(31-23-20,16-8-3-1-4-9-16)17-10-5-2-6-11-17/h1-14H,15H2,(H,24,26). The van der Waals surface area contributed by atoms with Gasteiger partial charge >= 0.3 is 0 Å². The highest BCUT2D eigenvalue weighted by Gasteiger charge is 2.45. The van der Waals surface area contributed by atoms with Crippen LogP contribution in [0.5, 0.6) is 0 Å². The molecule has 0 radical (unpaired) electrons. The Morgan fingerprint density at radius 1 is 0.969 bits per heavy atom. The second-order valence-electron chi connectivity index (χ2n) is 7.05. The summed E-state index contributed by atoms with van der Waals surface area (Å²) in [5.41, 5.74) is -0.121. The molecule has 0 fully saturated rings. The Labute approximate surface area is 183 Å². The Kier molecular flexibility index (Phi) is 5.45. The Bertz CT molecular complexity index is 1270. The molecule has 10 heteroatoms. The van der Waals surface area contributed by atoms with Gasteiger partial charge in [0, 0.05) is 23.3 Å². The fraction of sp³-hybridized carbons (Fsp3) is 0.0909. The number of rotatable bonds is 6. The minimum atomic E-state index is -4.36. The number of hydrogen-bond donors (Lipinski definition) is 1. The number of amides is 1. The predicted octanol–water partition coefficient (Wildman–Crippen LogP) is 3.12. The van der Waals surface area contributed by atoms with Crippen molar-refractivity contribution in [3.05, 3.63) is 106 Å². The number of non-ortho nitro benzene ring substituents is 1. The third-order valence-electron chi connectivity index (χ3n) is 5.04. The zero-order valence-corrected chi connectivity index (χ0v) is 17.4. The van der Waals surface area contributed by atoms with E-state index in [9.17, 15) is 23.3 Å². The molecule has 0 saturated heterocycles. The van der Waals surface area contributed by atoms with Gasteiger partial charge in [-0.1, -0.05) is 71.9 Å². The van der Waals surface area contributed by atoms with E-state index in [1.807, 2.05) is 65.4 Å². The zero-order valence-electron chi connectivity index (χ0n) is 16.5. The van der Waals surface area contributed by atoms with Crippen LogP contribution in [0.2, 0.25) is 0 Å². The lowest BCUT2D eigenvalue weighted by molar-refractivity contribution is -0.385. The molecule has 1 N–H and O–H groups in total. The van der Waals surface area contributed by atoms with Gasteiger partial charge < -0.3 is 4.84 Å². The monoisotopic (exact) mass is 451 g/mol. The first-order chi connectivity index (χ1) is 15.3. The van der Waals surface area contributed by atoms with E-state index in [2.05, 4.69) is 5.16 Å². The Morgan fingerprint density at radius 3 is 2.12 bits per heavy atom. The molecule has 162 valence electrons. The van der Waals surface area contributed by atoms with Gasteiger partial charge in [0.25, 0.3) is 21.6 Å². The summed E-state index contributed by atoms with van der Waals surface area (Å²) in [5, 5.41) is 14.8. The van der Waals surface area contributed by atoms with Crippen LogP contribution >= 0.6 is 0 Å². The minimum Gasteiger partial charge on any atom is -0.379 e. The molecule has 1 aliphatic heterocycles. The third-order valence-corrected chi connectivity index (χ3v) is 6.36. The van der Waals surface area contributed by atoms with Crippen molar-refractivity contribution in [1.82, 2.24) is 4.72 Å². The fourth-order valence-electron chi connectivity index (χ4n) is 3.45. The summed E-state index contributed by atoms with van der Waals surface area (Å²) in [6.07, 6.45) is -0.00266. The number of benzene rings is 3. The van der Waals surface area contributed by atoms with E-state index in [4.69, 9.17) is 4.84 Å². The number of carbonyl (C=O) groups excluding carboxylic acids is 1. The SMILES string of the molecule is O=C(NS(=O)(=O)c1cccc([N+](=O)[O-])c1)C1=NOC(c2ccccc2)(c2ccccc2)C1. The van der Waals surface area contributed by atoms with Crippen molar-refractivity contribution < 1.29 is 23.0 Å². The molecular formula is C22H17N3O6S. The van der Waals surface area contributed by atoms with Gasteiger partial charge in [-0.2, -0.15) is 0 Å². The normalized spacial score (nSPS) is 14.8. The number of nitrogens with one attached hydrogen (secondary N) is 1. The second kappa shape index (κ2) is 8.23. The van der Waals surface area contributed by atoms with E-state index in [1.165, 1.54) is 6.07 Å². The lowest BCUT2D eigenvalue weighted by atomic mass is 9.82. The van der Waals surface area contributed by atoms with Gasteiger partial charge in [-0.15, -0.1) is 0 Å². The van der Waals surface area contributed by atoms with Gasteiger partial charge in [0.15, 0.2) is 11.3 Å². The van der Waals surface area contributed by atoms with Crippen molar-refractivity contribution in [3.63, 3.8) is 0 Å². The van der Waals surface area contributed by atoms with E-state index < -0.39 is 37.0 Å². The Morgan fingerprint density at radius 2 is 1.56 bits per heavy atom. The quantitative estimate of drug-likeness (QED) is 0.453. The maximum atomic E-state index is 12.8. The summed E-state index contributed by atoms with van der Waals surface area (Å²) < 4.78 is 27.2. The second-order valence-corrected chi connectivity index (χ2v) is 8.74. The Balaban J connectivity index is 1.61. The highest BCUT2D eigenvalue weighted by Crippen LogP contribution is 2.41. The van der Waals surface area contributed by atoms with Gasteiger partial charge in [0.1, 0.15) is 0 Å². The van der Waals surface area contributed by atoms with Crippen molar-refractivity contribution in [2.24, 2.45) is 5.16 Å². The first kappa shape index (κ1) is 21.2. The molecule has 0 bridgehead atoms. The molecule has 0 atom stereocenters. The lowest BCUT2D eigenvalue weighted by Gasteiger charge is -2.27. The molecule has 1 heterocycles. The van der Waals surface area contributed by atoms with Crippen LogP contribution in [0.3, 0.4) is 0 Å². The van der Waals surface area contributed by atoms with E-state index in [-0.39, 0.29) is 12.1 Å². The van der Waals surface area contributed by atoms with Crippen molar-refractivity contribution in [3.8, 4) is 0 Å². The molecular weight excluding hydrogens is 434 g/mol. The molecule has 4 rings (SSSR count). The number of carbonyl (C=O) groups is 1. The average molecular weight is 451 g/mol. The van der Waals surface area contributed by atoms with Gasteiger partial charge in [-0.05, 0) is 6.07 Å². The van der Waals surface area contributed by atoms with Crippen LogP contribution in [0.4, 0.5) is 5.69 Å². The summed E-state index contributed by atoms with van der Waals surface area (Å²) in [6.45, 7) is 0. The highest BCUT2D eigenvalue weighted by atomic mass is 32.2. The van der Waals surface area contributed by atoms with E-state index in [0.29, 0.717) is 0 Å². The van der Waals surface area contributed by atoms with Crippen molar-refractivity contribution in [1.29, 1.82) is 0 Å². The number of nitro groups is 1. The molecule has 32 heavy (non-hydrogen) atoms. The first-order valence-corrected chi connectivity index (χ1v) is 11.0. The molecule has 3 aromatic rings. The van der Waals surface area contributed by atoms with Gasteiger partial charge in [0.2, 0.25) is 0 Å². The van der Waals surface area contributed by atoms with Crippen LogP contribution in [0.25, 0.3) is 0 Å². The smallest absolute Gasteiger partial charge is 0.282 e. The molecule has 0 saturated carbocycles. The number of nitrogens with zero attached hydrogens (tertiary/aromatic N) is 2. The van der Waals surface area contributed by atoms with Crippen molar-refractivity contribution in [2.45, 2.75) is 16.9 Å². The van der Waals surface area contributed by atoms with Crippen LogP contribution in [0, 0.1) is 10.1 Å². The van der Waals surface area contributed by atoms with Crippen molar-refractivity contribution >= 4 is 27.3 Å². The van der Waals surface area contributed by atoms with Gasteiger partial charge in [-0.3, -0.25) is 14.9 Å². The molecule has 3 aromatic carbocycles. The molecule has 0 spiro atoms. The fourth-order valence-corrected chi connectivity index (χ4v) is 4.46. The predicted molar refractivity (Wildman–Crippen MR) is 115 cm³/mol. The number of hydrogen-bond acceptors (Lipinski definition) is 7. The first-order valence-electron chi connectivity index (χ1n) is 9.49. The van der Waals surface area contributed by atoms with Crippen LogP contribution in [-0.2, 0) is 25.3 Å². The summed E-state index contributed by atoms with van der Waals surface area (Å²) in [7, 11) is -4.36. The number of nitro benzene ring substituents is 1. The molecule has 0 unspecified atom stereocenters. The summed E-state index contributed by atoms with van der Waals surface area (Å²) in [5.74, 6) is -0.967.